The number of hydrogen-bond acceptors (Lipinski definition) is 3. The van der Waals surface area contributed by atoms with Crippen LogP contribution in [0.15, 0.2) is 0 Å². The molecule has 3 heteroatoms. The average molecular weight is 239 g/mol. The second-order valence-electron chi connectivity index (χ2n) is 6.28. The van der Waals surface area contributed by atoms with Crippen LogP contribution in [-0.4, -0.2) is 62.2 Å². The van der Waals surface area contributed by atoms with Gasteiger partial charge in [-0.15, -0.1) is 0 Å². The molecular formula is C14H29N3. The Bertz CT molecular complexity index is 230. The van der Waals surface area contributed by atoms with E-state index in [4.69, 9.17) is 0 Å². The molecule has 0 bridgehead atoms. The van der Waals surface area contributed by atoms with Gasteiger partial charge in [0, 0.05) is 38.8 Å². The molecule has 0 saturated carbocycles. The number of nitrogens with one attached hydrogen (secondary N) is 1. The van der Waals surface area contributed by atoms with Gasteiger partial charge in [-0.2, -0.15) is 0 Å². The molecule has 0 aromatic carbocycles. The minimum Gasteiger partial charge on any atom is -0.314 e. The van der Waals surface area contributed by atoms with E-state index in [1.807, 2.05) is 0 Å². The zero-order valence-corrected chi connectivity index (χ0v) is 11.8. The summed E-state index contributed by atoms with van der Waals surface area (Å²) in [6.45, 7) is 12.2. The quantitative estimate of drug-likeness (QED) is 0.800. The molecule has 2 fully saturated rings. The molecule has 2 atom stereocenters. The third-order valence-electron chi connectivity index (χ3n) is 4.38. The van der Waals surface area contributed by atoms with Gasteiger partial charge in [0.15, 0.2) is 0 Å². The molecule has 0 aromatic heterocycles. The highest BCUT2D eigenvalue weighted by Crippen LogP contribution is 2.20. The van der Waals surface area contributed by atoms with Crippen molar-refractivity contribution in [3.63, 3.8) is 0 Å². The zero-order valence-electron chi connectivity index (χ0n) is 11.8. The van der Waals surface area contributed by atoms with Crippen molar-refractivity contribution in [2.75, 3.05) is 46.3 Å². The van der Waals surface area contributed by atoms with Gasteiger partial charge in [0.1, 0.15) is 0 Å². The van der Waals surface area contributed by atoms with Gasteiger partial charge in [-0.05, 0) is 38.3 Å². The Hall–Kier alpha value is -0.120. The van der Waals surface area contributed by atoms with Crippen molar-refractivity contribution in [2.45, 2.75) is 32.7 Å². The molecule has 2 aliphatic rings. The van der Waals surface area contributed by atoms with E-state index >= 15 is 0 Å². The summed E-state index contributed by atoms with van der Waals surface area (Å²) in [4.78, 5) is 5.24. The average Bonchev–Trinajstić information content (AvgIpc) is 2.29. The van der Waals surface area contributed by atoms with Crippen molar-refractivity contribution in [3.05, 3.63) is 0 Å². The van der Waals surface area contributed by atoms with Crippen molar-refractivity contribution in [1.29, 1.82) is 0 Å². The van der Waals surface area contributed by atoms with Gasteiger partial charge in [-0.1, -0.05) is 13.8 Å². The van der Waals surface area contributed by atoms with Crippen LogP contribution in [0.4, 0.5) is 0 Å². The highest BCUT2D eigenvalue weighted by molar-refractivity contribution is 4.84. The molecule has 3 nitrogen and oxygen atoms in total. The molecule has 1 N–H and O–H groups in total. The van der Waals surface area contributed by atoms with E-state index in [0.717, 1.165) is 17.9 Å². The lowest BCUT2D eigenvalue weighted by molar-refractivity contribution is 0.0817. The SMILES string of the molecule is CC(C)C1CNCCN1CC1CCCN(C)C1. The summed E-state index contributed by atoms with van der Waals surface area (Å²) < 4.78 is 0. The monoisotopic (exact) mass is 239 g/mol. The van der Waals surface area contributed by atoms with Crippen LogP contribution >= 0.6 is 0 Å². The van der Waals surface area contributed by atoms with Gasteiger partial charge in [0.2, 0.25) is 0 Å². The summed E-state index contributed by atoms with van der Waals surface area (Å²) in [5.41, 5.74) is 0. The fourth-order valence-electron chi connectivity index (χ4n) is 3.41. The van der Waals surface area contributed by atoms with Gasteiger partial charge in [0.25, 0.3) is 0 Å². The molecule has 0 aromatic rings. The molecule has 0 spiro atoms. The molecule has 0 radical (unpaired) electrons. The van der Waals surface area contributed by atoms with Crippen LogP contribution < -0.4 is 5.32 Å². The first-order valence-corrected chi connectivity index (χ1v) is 7.30. The van der Waals surface area contributed by atoms with E-state index < -0.39 is 0 Å². The second-order valence-corrected chi connectivity index (χ2v) is 6.28. The van der Waals surface area contributed by atoms with Crippen LogP contribution in [0.3, 0.4) is 0 Å². The molecule has 0 aliphatic carbocycles. The van der Waals surface area contributed by atoms with E-state index in [1.54, 1.807) is 0 Å². The Kier molecular flexibility index (Phi) is 4.83. The van der Waals surface area contributed by atoms with E-state index in [-0.39, 0.29) is 0 Å². The van der Waals surface area contributed by atoms with Gasteiger partial charge >= 0.3 is 0 Å². The van der Waals surface area contributed by atoms with Crippen LogP contribution in [0.1, 0.15) is 26.7 Å². The summed E-state index contributed by atoms with van der Waals surface area (Å²) in [7, 11) is 2.27. The van der Waals surface area contributed by atoms with Gasteiger partial charge in [-0.25, -0.2) is 0 Å². The summed E-state index contributed by atoms with van der Waals surface area (Å²) in [6, 6.07) is 0.746. The molecular weight excluding hydrogens is 210 g/mol. The fourth-order valence-corrected chi connectivity index (χ4v) is 3.41. The standard InChI is InChI=1S/C14H29N3/c1-12(2)14-9-15-6-8-17(14)11-13-5-4-7-16(3)10-13/h12-15H,4-11H2,1-3H3. The highest BCUT2D eigenvalue weighted by atomic mass is 15.2. The van der Waals surface area contributed by atoms with Crippen LogP contribution in [0.5, 0.6) is 0 Å². The molecule has 2 aliphatic heterocycles. The Balaban J connectivity index is 1.86. The highest BCUT2D eigenvalue weighted by Gasteiger charge is 2.28. The van der Waals surface area contributed by atoms with Crippen molar-refractivity contribution < 1.29 is 0 Å². The van der Waals surface area contributed by atoms with Crippen LogP contribution in [0, 0.1) is 11.8 Å². The topological polar surface area (TPSA) is 18.5 Å². The zero-order chi connectivity index (χ0) is 12.3. The predicted octanol–water partition coefficient (Wildman–Crippen LogP) is 1.26. The van der Waals surface area contributed by atoms with E-state index in [0.29, 0.717) is 0 Å². The fraction of sp³-hybridized carbons (Fsp3) is 1.00. The Morgan fingerprint density at radius 2 is 2.12 bits per heavy atom. The first-order chi connectivity index (χ1) is 8.16. The number of rotatable bonds is 3. The van der Waals surface area contributed by atoms with Crippen molar-refractivity contribution in [1.82, 2.24) is 15.1 Å². The Labute approximate surface area is 107 Å². The molecule has 17 heavy (non-hydrogen) atoms. The van der Waals surface area contributed by atoms with Crippen LogP contribution in [0.2, 0.25) is 0 Å². The first-order valence-electron chi connectivity index (χ1n) is 7.30. The lowest BCUT2D eigenvalue weighted by Gasteiger charge is -2.42. The lowest BCUT2D eigenvalue weighted by atomic mass is 9.94. The molecule has 100 valence electrons. The number of piperidine rings is 1. The Morgan fingerprint density at radius 3 is 2.82 bits per heavy atom. The smallest absolute Gasteiger partial charge is 0.0244 e. The van der Waals surface area contributed by atoms with Gasteiger partial charge in [-0.3, -0.25) is 4.90 Å². The molecule has 0 amide bonds. The summed E-state index contributed by atoms with van der Waals surface area (Å²) in [5, 5.41) is 3.54. The van der Waals surface area contributed by atoms with Crippen molar-refractivity contribution in [2.24, 2.45) is 11.8 Å². The third kappa shape index (κ3) is 3.67. The normalized spacial score (nSPS) is 33.2. The van der Waals surface area contributed by atoms with E-state index in [1.165, 1.54) is 52.1 Å². The lowest BCUT2D eigenvalue weighted by Crippen LogP contribution is -2.55. The van der Waals surface area contributed by atoms with Gasteiger partial charge in [0.05, 0.1) is 0 Å². The van der Waals surface area contributed by atoms with E-state index in [2.05, 4.69) is 36.0 Å². The summed E-state index contributed by atoms with van der Waals surface area (Å²) in [6.07, 6.45) is 2.82. The predicted molar refractivity (Wildman–Crippen MR) is 73.3 cm³/mol. The maximum Gasteiger partial charge on any atom is 0.0244 e. The minimum atomic E-state index is 0.746. The minimum absolute atomic E-state index is 0.746. The number of likely N-dealkylation sites (tertiary alicyclic amines) is 1. The molecule has 2 saturated heterocycles. The van der Waals surface area contributed by atoms with E-state index in [9.17, 15) is 0 Å². The molecule has 2 unspecified atom stereocenters. The first kappa shape index (κ1) is 13.3. The molecule has 2 heterocycles. The van der Waals surface area contributed by atoms with Crippen LogP contribution in [-0.2, 0) is 0 Å². The third-order valence-corrected chi connectivity index (χ3v) is 4.38. The number of hydrogen-bond donors (Lipinski definition) is 1. The van der Waals surface area contributed by atoms with Gasteiger partial charge < -0.3 is 10.2 Å². The summed E-state index contributed by atoms with van der Waals surface area (Å²) in [5.74, 6) is 1.66. The second kappa shape index (κ2) is 6.17. The Morgan fingerprint density at radius 1 is 1.29 bits per heavy atom. The number of nitrogens with zero attached hydrogens (tertiary/aromatic N) is 2. The maximum atomic E-state index is 3.54. The largest absolute Gasteiger partial charge is 0.314 e. The summed E-state index contributed by atoms with van der Waals surface area (Å²) >= 11 is 0. The van der Waals surface area contributed by atoms with Crippen molar-refractivity contribution >= 4 is 0 Å². The maximum absolute atomic E-state index is 3.54. The molecule has 2 rings (SSSR count). The number of piperazine rings is 1. The van der Waals surface area contributed by atoms with Crippen LogP contribution in [0.25, 0.3) is 0 Å². The van der Waals surface area contributed by atoms with Crippen molar-refractivity contribution in [3.8, 4) is 0 Å².